The number of nitrogens with one attached hydrogen (secondary N) is 1. The van der Waals surface area contributed by atoms with E-state index in [1.165, 1.54) is 0 Å². The third-order valence-corrected chi connectivity index (χ3v) is 4.32. The van der Waals surface area contributed by atoms with Gasteiger partial charge in [0.15, 0.2) is 0 Å². The highest BCUT2D eigenvalue weighted by Gasteiger charge is 2.26. The zero-order valence-corrected chi connectivity index (χ0v) is 12.0. The molecular formula is C16H22N2O2. The summed E-state index contributed by atoms with van der Waals surface area (Å²) in [6.45, 7) is 4.72. The van der Waals surface area contributed by atoms with Crippen LogP contribution in [0.3, 0.4) is 0 Å². The lowest BCUT2D eigenvalue weighted by Gasteiger charge is -2.25. The maximum absolute atomic E-state index is 11.9. The number of hydrogen-bond acceptors (Lipinski definition) is 3. The fraction of sp³-hybridized carbons (Fsp3) is 0.562. The Morgan fingerprint density at radius 2 is 2.25 bits per heavy atom. The summed E-state index contributed by atoms with van der Waals surface area (Å²) in [5.74, 6) is 0.786. The van der Waals surface area contributed by atoms with Crippen molar-refractivity contribution in [2.24, 2.45) is 5.92 Å². The van der Waals surface area contributed by atoms with Crippen molar-refractivity contribution in [2.75, 3.05) is 30.0 Å². The van der Waals surface area contributed by atoms with E-state index < -0.39 is 0 Å². The van der Waals surface area contributed by atoms with Crippen LogP contribution in [0.5, 0.6) is 0 Å². The molecule has 1 aromatic carbocycles. The SMILES string of the molecule is CC(Nc1ccccc1N1CCCC1=O)C1CCOC1. The van der Waals surface area contributed by atoms with Gasteiger partial charge in [0.05, 0.1) is 18.0 Å². The Bertz CT molecular complexity index is 483. The lowest BCUT2D eigenvalue weighted by atomic mass is 10.0. The van der Waals surface area contributed by atoms with Crippen LogP contribution in [-0.2, 0) is 9.53 Å². The molecule has 2 aliphatic heterocycles. The summed E-state index contributed by atoms with van der Waals surface area (Å²) in [4.78, 5) is 13.9. The van der Waals surface area contributed by atoms with Crippen molar-refractivity contribution in [3.8, 4) is 0 Å². The highest BCUT2D eigenvalue weighted by molar-refractivity contribution is 5.98. The van der Waals surface area contributed by atoms with Gasteiger partial charge in [0.2, 0.25) is 5.91 Å². The van der Waals surface area contributed by atoms with Crippen LogP contribution in [0.25, 0.3) is 0 Å². The quantitative estimate of drug-likeness (QED) is 0.917. The summed E-state index contributed by atoms with van der Waals surface area (Å²) >= 11 is 0. The molecule has 20 heavy (non-hydrogen) atoms. The molecule has 0 bridgehead atoms. The molecule has 2 fully saturated rings. The molecule has 4 heteroatoms. The molecule has 3 rings (SSSR count). The number of para-hydroxylation sites is 2. The largest absolute Gasteiger partial charge is 0.381 e. The number of nitrogens with zero attached hydrogens (tertiary/aromatic N) is 1. The lowest BCUT2D eigenvalue weighted by molar-refractivity contribution is -0.117. The Hall–Kier alpha value is -1.55. The molecule has 0 aliphatic carbocycles. The van der Waals surface area contributed by atoms with E-state index in [4.69, 9.17) is 4.74 Å². The Kier molecular flexibility index (Phi) is 3.92. The van der Waals surface area contributed by atoms with Gasteiger partial charge >= 0.3 is 0 Å². The zero-order valence-electron chi connectivity index (χ0n) is 12.0. The molecule has 108 valence electrons. The van der Waals surface area contributed by atoms with Gasteiger partial charge in [-0.15, -0.1) is 0 Å². The molecule has 1 amide bonds. The van der Waals surface area contributed by atoms with Crippen molar-refractivity contribution in [1.82, 2.24) is 0 Å². The van der Waals surface area contributed by atoms with Crippen LogP contribution < -0.4 is 10.2 Å². The Morgan fingerprint density at radius 1 is 1.40 bits per heavy atom. The molecule has 0 radical (unpaired) electrons. The molecular weight excluding hydrogens is 252 g/mol. The molecule has 2 aliphatic rings. The number of rotatable bonds is 4. The number of carbonyl (C=O) groups excluding carboxylic acids is 1. The van der Waals surface area contributed by atoms with Gasteiger partial charge in [-0.2, -0.15) is 0 Å². The van der Waals surface area contributed by atoms with Crippen molar-refractivity contribution >= 4 is 17.3 Å². The summed E-state index contributed by atoms with van der Waals surface area (Å²) in [7, 11) is 0. The first-order valence-electron chi connectivity index (χ1n) is 7.49. The third-order valence-electron chi connectivity index (χ3n) is 4.32. The topological polar surface area (TPSA) is 41.6 Å². The summed E-state index contributed by atoms with van der Waals surface area (Å²) in [5.41, 5.74) is 2.07. The monoisotopic (exact) mass is 274 g/mol. The van der Waals surface area contributed by atoms with Gasteiger partial charge < -0.3 is 15.0 Å². The minimum Gasteiger partial charge on any atom is -0.381 e. The molecule has 4 nitrogen and oxygen atoms in total. The summed E-state index contributed by atoms with van der Waals surface area (Å²) in [5, 5.41) is 3.58. The molecule has 2 unspecified atom stereocenters. The average molecular weight is 274 g/mol. The van der Waals surface area contributed by atoms with E-state index in [0.717, 1.165) is 44.0 Å². The molecule has 2 saturated heterocycles. The second kappa shape index (κ2) is 5.83. The molecule has 0 spiro atoms. The first-order valence-corrected chi connectivity index (χ1v) is 7.49. The maximum atomic E-state index is 11.9. The standard InChI is InChI=1S/C16H22N2O2/c1-12(13-8-10-20-11-13)17-14-5-2-3-6-15(14)18-9-4-7-16(18)19/h2-3,5-6,12-13,17H,4,7-11H2,1H3. The number of ether oxygens (including phenoxy) is 1. The normalized spacial score (nSPS) is 24.1. The van der Waals surface area contributed by atoms with Gasteiger partial charge in [-0.3, -0.25) is 4.79 Å². The van der Waals surface area contributed by atoms with Crippen LogP contribution in [0.2, 0.25) is 0 Å². The van der Waals surface area contributed by atoms with Crippen LogP contribution in [0.15, 0.2) is 24.3 Å². The van der Waals surface area contributed by atoms with E-state index >= 15 is 0 Å². The van der Waals surface area contributed by atoms with E-state index in [1.54, 1.807) is 0 Å². The molecule has 1 aromatic rings. The number of anilines is 2. The second-order valence-corrected chi connectivity index (χ2v) is 5.72. The van der Waals surface area contributed by atoms with Crippen molar-refractivity contribution in [3.05, 3.63) is 24.3 Å². The first kappa shape index (κ1) is 13.4. The minimum atomic E-state index is 0.233. The van der Waals surface area contributed by atoms with Gasteiger partial charge in [-0.1, -0.05) is 12.1 Å². The number of carbonyl (C=O) groups is 1. The predicted octanol–water partition coefficient (Wildman–Crippen LogP) is 2.65. The lowest BCUT2D eigenvalue weighted by Crippen LogP contribution is -2.29. The van der Waals surface area contributed by atoms with E-state index in [-0.39, 0.29) is 5.91 Å². The molecule has 1 N–H and O–H groups in total. The maximum Gasteiger partial charge on any atom is 0.227 e. The van der Waals surface area contributed by atoms with Gasteiger partial charge in [0.1, 0.15) is 0 Å². The van der Waals surface area contributed by atoms with Gasteiger partial charge in [0, 0.05) is 31.5 Å². The van der Waals surface area contributed by atoms with Gasteiger partial charge in [-0.05, 0) is 31.9 Å². The van der Waals surface area contributed by atoms with Crippen LogP contribution >= 0.6 is 0 Å². The second-order valence-electron chi connectivity index (χ2n) is 5.72. The Morgan fingerprint density at radius 3 is 2.95 bits per heavy atom. The zero-order chi connectivity index (χ0) is 13.9. The number of benzene rings is 1. The van der Waals surface area contributed by atoms with Crippen molar-refractivity contribution in [2.45, 2.75) is 32.2 Å². The van der Waals surface area contributed by atoms with Crippen LogP contribution in [0, 0.1) is 5.92 Å². The van der Waals surface area contributed by atoms with Crippen LogP contribution in [0.1, 0.15) is 26.2 Å². The Balaban J connectivity index is 1.77. The predicted molar refractivity (Wildman–Crippen MR) is 80.0 cm³/mol. The van der Waals surface area contributed by atoms with Gasteiger partial charge in [-0.25, -0.2) is 0 Å². The van der Waals surface area contributed by atoms with E-state index in [9.17, 15) is 4.79 Å². The van der Waals surface area contributed by atoms with Gasteiger partial charge in [0.25, 0.3) is 0 Å². The summed E-state index contributed by atoms with van der Waals surface area (Å²) in [6.07, 6.45) is 2.73. The summed E-state index contributed by atoms with van der Waals surface area (Å²) in [6, 6.07) is 8.47. The highest BCUT2D eigenvalue weighted by Crippen LogP contribution is 2.31. The van der Waals surface area contributed by atoms with Crippen LogP contribution in [0.4, 0.5) is 11.4 Å². The van der Waals surface area contributed by atoms with Crippen molar-refractivity contribution in [1.29, 1.82) is 0 Å². The van der Waals surface area contributed by atoms with E-state index in [1.807, 2.05) is 23.1 Å². The number of amides is 1. The minimum absolute atomic E-state index is 0.233. The fourth-order valence-electron chi connectivity index (χ4n) is 3.04. The number of hydrogen-bond donors (Lipinski definition) is 1. The molecule has 0 aromatic heterocycles. The van der Waals surface area contributed by atoms with Crippen LogP contribution in [-0.4, -0.2) is 31.7 Å². The Labute approximate surface area is 120 Å². The van der Waals surface area contributed by atoms with E-state index in [0.29, 0.717) is 18.4 Å². The smallest absolute Gasteiger partial charge is 0.227 e. The summed E-state index contributed by atoms with van der Waals surface area (Å²) < 4.78 is 5.46. The van der Waals surface area contributed by atoms with E-state index in [2.05, 4.69) is 18.3 Å². The van der Waals surface area contributed by atoms with Crippen molar-refractivity contribution in [3.63, 3.8) is 0 Å². The average Bonchev–Trinajstić information content (AvgIpc) is 3.10. The highest BCUT2D eigenvalue weighted by atomic mass is 16.5. The molecule has 2 heterocycles. The first-order chi connectivity index (χ1) is 9.75. The van der Waals surface area contributed by atoms with Crippen molar-refractivity contribution < 1.29 is 9.53 Å². The third kappa shape index (κ3) is 2.66. The fourth-order valence-corrected chi connectivity index (χ4v) is 3.04. The molecule has 0 saturated carbocycles. The molecule has 2 atom stereocenters.